The summed E-state index contributed by atoms with van der Waals surface area (Å²) in [4.78, 5) is 12.2. The topological polar surface area (TPSA) is 81.7 Å². The van der Waals surface area contributed by atoms with E-state index in [-0.39, 0.29) is 16.1 Å². The molecule has 0 aliphatic carbocycles. The normalized spacial score (nSPS) is 11.1. The highest BCUT2D eigenvalue weighted by atomic mass is 32.2. The molecule has 2 aromatic carbocycles. The van der Waals surface area contributed by atoms with Crippen molar-refractivity contribution >= 4 is 21.7 Å². The van der Waals surface area contributed by atoms with Crippen LogP contribution in [0.4, 0.5) is 5.69 Å². The number of sulfonamides is 1. The monoisotopic (exact) mass is 377 g/mol. The largest absolute Gasteiger partial charge is 0.497 e. The van der Waals surface area contributed by atoms with Crippen LogP contribution in [0.5, 0.6) is 5.75 Å². The van der Waals surface area contributed by atoms with Gasteiger partial charge in [0, 0.05) is 0 Å². The third-order valence-electron chi connectivity index (χ3n) is 4.06. The number of carbonyl (C=O) groups is 1. The fraction of sp³-hybridized carbons (Fsp3) is 0.316. The maximum Gasteiger partial charge on any atom is 0.340 e. The number of benzene rings is 2. The predicted molar refractivity (Wildman–Crippen MR) is 100 cm³/mol. The van der Waals surface area contributed by atoms with Crippen LogP contribution in [0.25, 0.3) is 0 Å². The molecular weight excluding hydrogens is 354 g/mol. The number of aryl methyl sites for hydroxylation is 3. The van der Waals surface area contributed by atoms with Gasteiger partial charge < -0.3 is 9.47 Å². The number of esters is 1. The molecule has 26 heavy (non-hydrogen) atoms. The summed E-state index contributed by atoms with van der Waals surface area (Å²) in [5.41, 5.74) is 2.51. The van der Waals surface area contributed by atoms with Crippen molar-refractivity contribution in [3.63, 3.8) is 0 Å². The van der Waals surface area contributed by atoms with Crippen LogP contribution in [-0.2, 0) is 21.2 Å². The Morgan fingerprint density at radius 1 is 1.12 bits per heavy atom. The van der Waals surface area contributed by atoms with Crippen LogP contribution in [0.1, 0.15) is 34.0 Å². The number of nitrogens with one attached hydrogen (secondary N) is 1. The average Bonchev–Trinajstić information content (AvgIpc) is 2.62. The molecular formula is C19H23NO5S. The number of hydrogen-bond acceptors (Lipinski definition) is 5. The SMILES string of the molecule is CCc1cc(OC)ccc1S(=O)(=O)Nc1c(C)cc(C)cc1C(=O)OC. The van der Waals surface area contributed by atoms with E-state index in [1.54, 1.807) is 31.2 Å². The lowest BCUT2D eigenvalue weighted by Crippen LogP contribution is -2.18. The quantitative estimate of drug-likeness (QED) is 0.780. The minimum Gasteiger partial charge on any atom is -0.497 e. The Balaban J connectivity index is 2.56. The Morgan fingerprint density at radius 2 is 1.81 bits per heavy atom. The van der Waals surface area contributed by atoms with Gasteiger partial charge in [0.1, 0.15) is 5.75 Å². The van der Waals surface area contributed by atoms with E-state index < -0.39 is 16.0 Å². The highest BCUT2D eigenvalue weighted by molar-refractivity contribution is 7.92. The number of carbonyl (C=O) groups excluding carboxylic acids is 1. The van der Waals surface area contributed by atoms with Crippen molar-refractivity contribution in [2.24, 2.45) is 0 Å². The first kappa shape index (κ1) is 19.8. The van der Waals surface area contributed by atoms with Gasteiger partial charge in [0.2, 0.25) is 0 Å². The molecule has 0 saturated carbocycles. The average molecular weight is 377 g/mol. The Kier molecular flexibility index (Phi) is 5.92. The zero-order valence-corrected chi connectivity index (χ0v) is 16.4. The van der Waals surface area contributed by atoms with Gasteiger partial charge in [-0.15, -0.1) is 0 Å². The highest BCUT2D eigenvalue weighted by Gasteiger charge is 2.23. The minimum atomic E-state index is -3.89. The molecule has 0 saturated heterocycles. The van der Waals surface area contributed by atoms with Crippen molar-refractivity contribution < 1.29 is 22.7 Å². The third-order valence-corrected chi connectivity index (χ3v) is 5.51. The minimum absolute atomic E-state index is 0.150. The number of anilines is 1. The number of methoxy groups -OCH3 is 2. The summed E-state index contributed by atoms with van der Waals surface area (Å²) in [5, 5.41) is 0. The summed E-state index contributed by atoms with van der Waals surface area (Å²) in [6.45, 7) is 5.44. The van der Waals surface area contributed by atoms with E-state index in [2.05, 4.69) is 4.72 Å². The molecule has 0 bridgehead atoms. The molecule has 1 N–H and O–H groups in total. The summed E-state index contributed by atoms with van der Waals surface area (Å²) in [6.07, 6.45) is 0.518. The van der Waals surface area contributed by atoms with E-state index >= 15 is 0 Å². The van der Waals surface area contributed by atoms with Crippen LogP contribution < -0.4 is 9.46 Å². The number of ether oxygens (including phenoxy) is 2. The third kappa shape index (κ3) is 3.99. The van der Waals surface area contributed by atoms with Gasteiger partial charge in [0.05, 0.1) is 30.4 Å². The van der Waals surface area contributed by atoms with E-state index in [1.165, 1.54) is 20.3 Å². The first-order valence-corrected chi connectivity index (χ1v) is 9.61. The lowest BCUT2D eigenvalue weighted by Gasteiger charge is -2.17. The first-order valence-electron chi connectivity index (χ1n) is 8.12. The molecule has 0 aromatic heterocycles. The van der Waals surface area contributed by atoms with E-state index in [9.17, 15) is 13.2 Å². The van der Waals surface area contributed by atoms with Gasteiger partial charge >= 0.3 is 5.97 Å². The zero-order valence-electron chi connectivity index (χ0n) is 15.5. The molecule has 0 unspecified atom stereocenters. The van der Waals surface area contributed by atoms with E-state index in [0.29, 0.717) is 23.3 Å². The molecule has 6 nitrogen and oxygen atoms in total. The van der Waals surface area contributed by atoms with Crippen LogP contribution in [0.2, 0.25) is 0 Å². The lowest BCUT2D eigenvalue weighted by molar-refractivity contribution is 0.0601. The maximum absolute atomic E-state index is 13.0. The van der Waals surface area contributed by atoms with E-state index in [4.69, 9.17) is 9.47 Å². The Labute approximate surface area is 154 Å². The smallest absolute Gasteiger partial charge is 0.340 e. The van der Waals surface area contributed by atoms with Crippen molar-refractivity contribution in [3.8, 4) is 5.75 Å². The Hall–Kier alpha value is -2.54. The lowest BCUT2D eigenvalue weighted by atomic mass is 10.0. The molecule has 0 fully saturated rings. The summed E-state index contributed by atoms with van der Waals surface area (Å²) in [5.74, 6) is -0.0116. The van der Waals surface area contributed by atoms with Crippen molar-refractivity contribution in [1.82, 2.24) is 0 Å². The van der Waals surface area contributed by atoms with Crippen molar-refractivity contribution in [3.05, 3.63) is 52.6 Å². The number of rotatable bonds is 6. The van der Waals surface area contributed by atoms with Gasteiger partial charge in [0.25, 0.3) is 10.0 Å². The molecule has 0 amide bonds. The van der Waals surface area contributed by atoms with Gasteiger partial charge in [-0.05, 0) is 61.2 Å². The predicted octanol–water partition coefficient (Wildman–Crippen LogP) is 3.46. The fourth-order valence-corrected chi connectivity index (χ4v) is 4.23. The van der Waals surface area contributed by atoms with Crippen molar-refractivity contribution in [1.29, 1.82) is 0 Å². The molecule has 0 aliphatic rings. The van der Waals surface area contributed by atoms with Crippen LogP contribution in [-0.4, -0.2) is 28.6 Å². The summed E-state index contributed by atoms with van der Waals surface area (Å²) in [6, 6.07) is 8.19. The summed E-state index contributed by atoms with van der Waals surface area (Å²) >= 11 is 0. The Bertz CT molecular complexity index is 935. The molecule has 0 radical (unpaired) electrons. The molecule has 2 aromatic rings. The molecule has 0 aliphatic heterocycles. The molecule has 0 spiro atoms. The standard InChI is InChI=1S/C19H23NO5S/c1-6-14-11-15(24-4)7-8-17(14)26(22,23)20-18-13(3)9-12(2)10-16(18)19(21)25-5/h7-11,20H,6H2,1-5H3. The van der Waals surface area contributed by atoms with Gasteiger partial charge in [-0.25, -0.2) is 13.2 Å². The van der Waals surface area contributed by atoms with Crippen molar-refractivity contribution in [2.45, 2.75) is 32.1 Å². The van der Waals surface area contributed by atoms with Gasteiger partial charge in [0.15, 0.2) is 0 Å². The molecule has 0 heterocycles. The highest BCUT2D eigenvalue weighted by Crippen LogP contribution is 2.29. The molecule has 0 atom stereocenters. The fourth-order valence-electron chi connectivity index (χ4n) is 2.78. The van der Waals surface area contributed by atoms with E-state index in [1.807, 2.05) is 13.8 Å². The second kappa shape index (κ2) is 7.78. The van der Waals surface area contributed by atoms with Crippen LogP contribution >= 0.6 is 0 Å². The van der Waals surface area contributed by atoms with Gasteiger partial charge in [-0.2, -0.15) is 0 Å². The summed E-state index contributed by atoms with van der Waals surface area (Å²) in [7, 11) is -1.11. The summed E-state index contributed by atoms with van der Waals surface area (Å²) < 4.78 is 38.5. The van der Waals surface area contributed by atoms with Crippen molar-refractivity contribution in [2.75, 3.05) is 18.9 Å². The molecule has 2 rings (SSSR count). The Morgan fingerprint density at radius 3 is 2.38 bits per heavy atom. The second-order valence-electron chi connectivity index (χ2n) is 5.93. The zero-order chi connectivity index (χ0) is 19.5. The molecule has 140 valence electrons. The number of hydrogen-bond donors (Lipinski definition) is 1. The first-order chi connectivity index (χ1) is 12.2. The molecule has 7 heteroatoms. The van der Waals surface area contributed by atoms with Crippen LogP contribution in [0.15, 0.2) is 35.2 Å². The van der Waals surface area contributed by atoms with Crippen LogP contribution in [0.3, 0.4) is 0 Å². The second-order valence-corrected chi connectivity index (χ2v) is 7.58. The van der Waals surface area contributed by atoms with Crippen LogP contribution in [0, 0.1) is 13.8 Å². The van der Waals surface area contributed by atoms with Gasteiger partial charge in [-0.3, -0.25) is 4.72 Å². The maximum atomic E-state index is 13.0. The van der Waals surface area contributed by atoms with E-state index in [0.717, 1.165) is 5.56 Å². The van der Waals surface area contributed by atoms with Gasteiger partial charge in [-0.1, -0.05) is 13.0 Å².